The van der Waals surface area contributed by atoms with E-state index in [4.69, 9.17) is 10.7 Å². The molecule has 0 saturated carbocycles. The summed E-state index contributed by atoms with van der Waals surface area (Å²) in [5.74, 6) is 0.650. The Balaban J connectivity index is 2.64. The van der Waals surface area contributed by atoms with Crippen molar-refractivity contribution in [2.24, 2.45) is 11.7 Å². The van der Waals surface area contributed by atoms with Crippen LogP contribution in [0.15, 0.2) is 5.38 Å². The minimum Gasteiger partial charge on any atom is -0.327 e. The zero-order chi connectivity index (χ0) is 14.5. The van der Waals surface area contributed by atoms with Crippen molar-refractivity contribution in [2.45, 2.75) is 78.2 Å². The third kappa shape index (κ3) is 5.23. The smallest absolute Gasteiger partial charge is 0.0944 e. The van der Waals surface area contributed by atoms with Gasteiger partial charge in [-0.2, -0.15) is 0 Å². The molecule has 19 heavy (non-hydrogen) atoms. The fraction of sp³-hybridized carbons (Fsp3) is 0.812. The molecule has 0 aromatic carbocycles. The second kappa shape index (κ2) is 7.39. The lowest BCUT2D eigenvalue weighted by Crippen LogP contribution is -2.32. The quantitative estimate of drug-likeness (QED) is 0.798. The van der Waals surface area contributed by atoms with E-state index in [1.807, 2.05) is 0 Å². The fourth-order valence-corrected chi connectivity index (χ4v) is 3.53. The van der Waals surface area contributed by atoms with Crippen LogP contribution in [0.5, 0.6) is 0 Å². The van der Waals surface area contributed by atoms with Gasteiger partial charge in [-0.25, -0.2) is 4.98 Å². The number of hydrogen-bond donors (Lipinski definition) is 1. The summed E-state index contributed by atoms with van der Waals surface area (Å²) in [5, 5.41) is 3.39. The number of thiazole rings is 1. The molecule has 0 radical (unpaired) electrons. The van der Waals surface area contributed by atoms with E-state index in [0.717, 1.165) is 6.42 Å². The van der Waals surface area contributed by atoms with E-state index >= 15 is 0 Å². The van der Waals surface area contributed by atoms with Crippen LogP contribution in [0.2, 0.25) is 0 Å². The molecule has 0 aliphatic carbocycles. The van der Waals surface area contributed by atoms with Crippen LogP contribution in [0.1, 0.15) is 71.0 Å². The molecule has 0 bridgehead atoms. The normalized spacial score (nSPS) is 14.1. The van der Waals surface area contributed by atoms with Gasteiger partial charge in [-0.3, -0.25) is 0 Å². The lowest BCUT2D eigenvalue weighted by molar-refractivity contribution is 0.359. The standard InChI is InChI=1S/C16H30N2S/c1-6-8-12(9-7-2)13(17)10-15-18-14(11-19-15)16(3,4)5/h11-13H,6-10,17H2,1-5H3. The van der Waals surface area contributed by atoms with Gasteiger partial charge in [0.2, 0.25) is 0 Å². The van der Waals surface area contributed by atoms with E-state index in [0.29, 0.717) is 5.92 Å². The van der Waals surface area contributed by atoms with Crippen LogP contribution >= 0.6 is 11.3 Å². The summed E-state index contributed by atoms with van der Waals surface area (Å²) >= 11 is 1.77. The summed E-state index contributed by atoms with van der Waals surface area (Å²) in [7, 11) is 0. The van der Waals surface area contributed by atoms with Crippen molar-refractivity contribution >= 4 is 11.3 Å². The van der Waals surface area contributed by atoms with Gasteiger partial charge in [0, 0.05) is 23.3 Å². The largest absolute Gasteiger partial charge is 0.327 e. The predicted octanol–water partition coefficient (Wildman–Crippen LogP) is 4.53. The summed E-state index contributed by atoms with van der Waals surface area (Å²) in [5.41, 5.74) is 7.75. The van der Waals surface area contributed by atoms with Crippen LogP contribution in [-0.2, 0) is 11.8 Å². The molecular weight excluding hydrogens is 252 g/mol. The fourth-order valence-electron chi connectivity index (χ4n) is 2.43. The van der Waals surface area contributed by atoms with Gasteiger partial charge >= 0.3 is 0 Å². The second-order valence-corrected chi connectivity index (χ2v) is 7.52. The summed E-state index contributed by atoms with van der Waals surface area (Å²) < 4.78 is 0. The molecule has 1 rings (SSSR count). The number of rotatable bonds is 7. The molecule has 1 unspecified atom stereocenters. The molecule has 0 saturated heterocycles. The minimum absolute atomic E-state index is 0.144. The Morgan fingerprint density at radius 3 is 2.21 bits per heavy atom. The third-order valence-electron chi connectivity index (χ3n) is 3.65. The maximum Gasteiger partial charge on any atom is 0.0944 e. The molecule has 0 aliphatic rings. The summed E-state index contributed by atoms with van der Waals surface area (Å²) in [6, 6.07) is 0.263. The Labute approximate surface area is 122 Å². The first-order valence-corrected chi connectivity index (χ1v) is 8.46. The van der Waals surface area contributed by atoms with Crippen molar-refractivity contribution in [2.75, 3.05) is 0 Å². The van der Waals surface area contributed by atoms with E-state index in [1.54, 1.807) is 11.3 Å². The number of hydrogen-bond acceptors (Lipinski definition) is 3. The van der Waals surface area contributed by atoms with Crippen LogP contribution < -0.4 is 5.73 Å². The molecular formula is C16H30N2S. The van der Waals surface area contributed by atoms with Crippen LogP contribution in [0.4, 0.5) is 0 Å². The van der Waals surface area contributed by atoms with Crippen LogP contribution in [0.3, 0.4) is 0 Å². The highest BCUT2D eigenvalue weighted by atomic mass is 32.1. The van der Waals surface area contributed by atoms with Gasteiger partial charge in [0.05, 0.1) is 10.7 Å². The summed E-state index contributed by atoms with van der Waals surface area (Å²) in [4.78, 5) is 4.76. The Hall–Kier alpha value is -0.410. The van der Waals surface area contributed by atoms with Crippen molar-refractivity contribution in [3.63, 3.8) is 0 Å². The Bertz CT molecular complexity index is 359. The highest BCUT2D eigenvalue weighted by Gasteiger charge is 2.21. The maximum absolute atomic E-state index is 6.41. The molecule has 0 aliphatic heterocycles. The van der Waals surface area contributed by atoms with Crippen molar-refractivity contribution in [3.8, 4) is 0 Å². The van der Waals surface area contributed by atoms with Gasteiger partial charge < -0.3 is 5.73 Å². The van der Waals surface area contributed by atoms with E-state index in [9.17, 15) is 0 Å². The number of nitrogens with zero attached hydrogens (tertiary/aromatic N) is 1. The Kier molecular flexibility index (Phi) is 6.48. The van der Waals surface area contributed by atoms with Gasteiger partial charge in [0.25, 0.3) is 0 Å². The highest BCUT2D eigenvalue weighted by Crippen LogP contribution is 2.26. The zero-order valence-electron chi connectivity index (χ0n) is 13.2. The molecule has 1 aromatic heterocycles. The zero-order valence-corrected chi connectivity index (χ0v) is 14.0. The van der Waals surface area contributed by atoms with E-state index in [2.05, 4.69) is 40.0 Å². The van der Waals surface area contributed by atoms with Crippen molar-refractivity contribution in [1.82, 2.24) is 4.98 Å². The molecule has 1 heterocycles. The topological polar surface area (TPSA) is 38.9 Å². The van der Waals surface area contributed by atoms with E-state index in [1.165, 1.54) is 36.4 Å². The van der Waals surface area contributed by atoms with Crippen LogP contribution in [0, 0.1) is 5.92 Å². The molecule has 110 valence electrons. The highest BCUT2D eigenvalue weighted by molar-refractivity contribution is 7.09. The third-order valence-corrected chi connectivity index (χ3v) is 4.53. The maximum atomic E-state index is 6.41. The van der Waals surface area contributed by atoms with Crippen LogP contribution in [-0.4, -0.2) is 11.0 Å². The SMILES string of the molecule is CCCC(CCC)C(N)Cc1nc(C(C)(C)C)cs1. The van der Waals surface area contributed by atoms with E-state index in [-0.39, 0.29) is 11.5 Å². The van der Waals surface area contributed by atoms with Crippen molar-refractivity contribution < 1.29 is 0 Å². The molecule has 0 amide bonds. The van der Waals surface area contributed by atoms with Gasteiger partial charge in [0.1, 0.15) is 0 Å². The van der Waals surface area contributed by atoms with Gasteiger partial charge in [-0.05, 0) is 18.8 Å². The average Bonchev–Trinajstić information content (AvgIpc) is 2.77. The Morgan fingerprint density at radius 1 is 1.21 bits per heavy atom. The lowest BCUT2D eigenvalue weighted by Gasteiger charge is -2.22. The van der Waals surface area contributed by atoms with Crippen molar-refractivity contribution in [3.05, 3.63) is 16.1 Å². The molecule has 2 N–H and O–H groups in total. The molecule has 0 fully saturated rings. The molecule has 1 aromatic rings. The molecule has 3 heteroatoms. The molecule has 0 spiro atoms. The van der Waals surface area contributed by atoms with Gasteiger partial charge in [-0.1, -0.05) is 47.5 Å². The summed E-state index contributed by atoms with van der Waals surface area (Å²) in [6.45, 7) is 11.1. The molecule has 2 nitrogen and oxygen atoms in total. The first-order valence-electron chi connectivity index (χ1n) is 7.58. The summed E-state index contributed by atoms with van der Waals surface area (Å²) in [6.07, 6.45) is 5.87. The van der Waals surface area contributed by atoms with E-state index < -0.39 is 0 Å². The minimum atomic E-state index is 0.144. The van der Waals surface area contributed by atoms with Crippen molar-refractivity contribution in [1.29, 1.82) is 0 Å². The average molecular weight is 282 g/mol. The van der Waals surface area contributed by atoms with Gasteiger partial charge in [0.15, 0.2) is 0 Å². The Morgan fingerprint density at radius 2 is 1.79 bits per heavy atom. The predicted molar refractivity (Wildman–Crippen MR) is 85.8 cm³/mol. The van der Waals surface area contributed by atoms with Crippen LogP contribution in [0.25, 0.3) is 0 Å². The lowest BCUT2D eigenvalue weighted by atomic mass is 9.89. The first-order chi connectivity index (χ1) is 8.88. The number of nitrogens with two attached hydrogens (primary N) is 1. The number of aromatic nitrogens is 1. The van der Waals surface area contributed by atoms with Gasteiger partial charge in [-0.15, -0.1) is 11.3 Å². The molecule has 1 atom stereocenters. The first kappa shape index (κ1) is 16.6. The monoisotopic (exact) mass is 282 g/mol. The second-order valence-electron chi connectivity index (χ2n) is 6.58.